The summed E-state index contributed by atoms with van der Waals surface area (Å²) in [7, 11) is 0. The van der Waals surface area contributed by atoms with Gasteiger partial charge in [0.2, 0.25) is 0 Å². The molecule has 0 spiro atoms. The molecule has 0 aromatic heterocycles. The molecule has 5 aromatic carbocycles. The molecule has 0 N–H and O–H groups in total. The number of rotatable bonds is 12. The van der Waals surface area contributed by atoms with Gasteiger partial charge in [0.05, 0.1) is 0 Å². The number of unbranched alkanes of at least 4 members (excludes halogenated alkanes) is 2. The van der Waals surface area contributed by atoms with Crippen LogP contribution in [0.5, 0.6) is 0 Å². The average molecular weight is 525 g/mol. The Morgan fingerprint density at radius 1 is 0.350 bits per heavy atom. The minimum Gasteiger partial charge on any atom is -0.311 e. The van der Waals surface area contributed by atoms with E-state index in [9.17, 15) is 0 Å². The Hall–Kier alpha value is -4.30. The molecule has 40 heavy (non-hydrogen) atoms. The summed E-state index contributed by atoms with van der Waals surface area (Å²) in [5.41, 5.74) is 9.72. The second-order valence-electron chi connectivity index (χ2n) is 10.4. The first-order valence-electron chi connectivity index (χ1n) is 14.7. The summed E-state index contributed by atoms with van der Waals surface area (Å²) >= 11 is 0. The molecule has 0 bridgehead atoms. The van der Waals surface area contributed by atoms with E-state index < -0.39 is 0 Å². The summed E-state index contributed by atoms with van der Waals surface area (Å²) in [4.78, 5) is 4.67. The molecule has 5 aromatic rings. The fourth-order valence-corrected chi connectivity index (χ4v) is 5.18. The fraction of sp³-hybridized carbons (Fsp3) is 0.211. The molecule has 5 rings (SSSR count). The zero-order valence-electron chi connectivity index (χ0n) is 23.8. The highest BCUT2D eigenvalue weighted by Crippen LogP contribution is 2.39. The maximum Gasteiger partial charge on any atom is 0.0463 e. The third kappa shape index (κ3) is 6.63. The summed E-state index contributed by atoms with van der Waals surface area (Å²) in [5.74, 6) is 0. The Kier molecular flexibility index (Phi) is 9.32. The highest BCUT2D eigenvalue weighted by Gasteiger charge is 2.16. The molecule has 2 nitrogen and oxygen atoms in total. The third-order valence-corrected chi connectivity index (χ3v) is 7.42. The largest absolute Gasteiger partial charge is 0.311 e. The Morgan fingerprint density at radius 3 is 0.925 bits per heavy atom. The first-order chi connectivity index (χ1) is 19.8. The molecule has 0 aliphatic carbocycles. The number of aryl methyl sites for hydroxylation is 2. The topological polar surface area (TPSA) is 6.48 Å². The van der Waals surface area contributed by atoms with E-state index >= 15 is 0 Å². The van der Waals surface area contributed by atoms with Crippen molar-refractivity contribution in [3.05, 3.63) is 145 Å². The monoisotopic (exact) mass is 524 g/mol. The van der Waals surface area contributed by atoms with Crippen LogP contribution in [-0.4, -0.2) is 0 Å². The van der Waals surface area contributed by atoms with E-state index in [4.69, 9.17) is 0 Å². The molecular weight excluding hydrogens is 484 g/mol. The summed E-state index contributed by atoms with van der Waals surface area (Å²) in [5, 5.41) is 0. The predicted octanol–water partition coefficient (Wildman–Crippen LogP) is 11.3. The van der Waals surface area contributed by atoms with E-state index in [1.54, 1.807) is 0 Å². The van der Waals surface area contributed by atoms with Crippen molar-refractivity contribution in [1.29, 1.82) is 0 Å². The van der Waals surface area contributed by atoms with Crippen LogP contribution in [0.3, 0.4) is 0 Å². The average Bonchev–Trinajstić information content (AvgIpc) is 3.02. The first kappa shape index (κ1) is 27.3. The lowest BCUT2D eigenvalue weighted by molar-refractivity contribution is 0.795. The SMILES string of the molecule is CCCCc1ccc(N(c2ccc(CCCC)cc2)c2ccc(N(c3ccccc3)c3ccccc3)cc2)cc1. The summed E-state index contributed by atoms with van der Waals surface area (Å²) < 4.78 is 0. The van der Waals surface area contributed by atoms with Crippen LogP contribution < -0.4 is 9.80 Å². The van der Waals surface area contributed by atoms with E-state index in [2.05, 4.69) is 157 Å². The van der Waals surface area contributed by atoms with Crippen molar-refractivity contribution in [3.63, 3.8) is 0 Å². The lowest BCUT2D eigenvalue weighted by atomic mass is 10.1. The molecule has 0 unspecified atom stereocenters. The van der Waals surface area contributed by atoms with E-state index in [1.807, 2.05) is 0 Å². The van der Waals surface area contributed by atoms with Gasteiger partial charge in [-0.15, -0.1) is 0 Å². The number of para-hydroxylation sites is 2. The molecule has 2 heteroatoms. The molecule has 0 saturated heterocycles. The molecule has 0 atom stereocenters. The molecule has 0 amide bonds. The van der Waals surface area contributed by atoms with E-state index in [0.29, 0.717) is 0 Å². The van der Waals surface area contributed by atoms with E-state index in [1.165, 1.54) is 48.2 Å². The smallest absolute Gasteiger partial charge is 0.0463 e. The molecule has 0 fully saturated rings. The van der Waals surface area contributed by atoms with Crippen LogP contribution in [0.2, 0.25) is 0 Å². The van der Waals surface area contributed by atoms with Crippen molar-refractivity contribution in [2.24, 2.45) is 0 Å². The van der Waals surface area contributed by atoms with Gasteiger partial charge >= 0.3 is 0 Å². The Labute approximate surface area is 240 Å². The maximum atomic E-state index is 2.37. The highest BCUT2D eigenvalue weighted by molar-refractivity contribution is 5.81. The van der Waals surface area contributed by atoms with Gasteiger partial charge in [0.25, 0.3) is 0 Å². The molecule has 0 saturated carbocycles. The zero-order valence-corrected chi connectivity index (χ0v) is 23.8. The van der Waals surface area contributed by atoms with Gasteiger partial charge in [0, 0.05) is 34.1 Å². The normalized spacial score (nSPS) is 10.8. The van der Waals surface area contributed by atoms with Crippen molar-refractivity contribution >= 4 is 34.1 Å². The van der Waals surface area contributed by atoms with Crippen LogP contribution in [-0.2, 0) is 12.8 Å². The fourth-order valence-electron chi connectivity index (χ4n) is 5.18. The van der Waals surface area contributed by atoms with Crippen LogP contribution in [0, 0.1) is 0 Å². The van der Waals surface area contributed by atoms with Crippen LogP contribution in [0.1, 0.15) is 50.7 Å². The highest BCUT2D eigenvalue weighted by atomic mass is 15.2. The lowest BCUT2D eigenvalue weighted by Crippen LogP contribution is -2.12. The van der Waals surface area contributed by atoms with Gasteiger partial charge in [-0.05, 0) is 110 Å². The minimum absolute atomic E-state index is 1.13. The third-order valence-electron chi connectivity index (χ3n) is 7.42. The number of benzene rings is 5. The van der Waals surface area contributed by atoms with Crippen LogP contribution in [0.4, 0.5) is 34.1 Å². The van der Waals surface area contributed by atoms with Gasteiger partial charge in [-0.2, -0.15) is 0 Å². The standard InChI is InChI=1S/C38H40N2/c1-3-5-13-31-19-23-35(24-20-31)40(36-25-21-32(22-26-36)14-6-4-2)38-29-27-37(28-30-38)39(33-15-9-7-10-16-33)34-17-11-8-12-18-34/h7-12,15-30H,3-6,13-14H2,1-2H3. The van der Waals surface area contributed by atoms with Gasteiger partial charge in [-0.3, -0.25) is 0 Å². The zero-order chi connectivity index (χ0) is 27.6. The molecular formula is C38H40N2. The van der Waals surface area contributed by atoms with E-state index in [-0.39, 0.29) is 0 Å². The predicted molar refractivity (Wildman–Crippen MR) is 173 cm³/mol. The quantitative estimate of drug-likeness (QED) is 0.160. The number of anilines is 6. The van der Waals surface area contributed by atoms with Gasteiger partial charge in [0.1, 0.15) is 0 Å². The van der Waals surface area contributed by atoms with Gasteiger partial charge < -0.3 is 9.80 Å². The molecule has 0 radical (unpaired) electrons. The molecule has 0 aliphatic heterocycles. The number of hydrogen-bond donors (Lipinski definition) is 0. The Balaban J connectivity index is 1.51. The number of nitrogens with zero attached hydrogens (tertiary/aromatic N) is 2. The minimum atomic E-state index is 1.13. The lowest BCUT2D eigenvalue weighted by Gasteiger charge is -2.28. The van der Waals surface area contributed by atoms with E-state index in [0.717, 1.165) is 35.6 Å². The Bertz CT molecular complexity index is 1330. The first-order valence-corrected chi connectivity index (χ1v) is 14.7. The van der Waals surface area contributed by atoms with Crippen molar-refractivity contribution in [3.8, 4) is 0 Å². The van der Waals surface area contributed by atoms with Crippen molar-refractivity contribution in [1.82, 2.24) is 0 Å². The van der Waals surface area contributed by atoms with Crippen LogP contribution >= 0.6 is 0 Å². The van der Waals surface area contributed by atoms with Crippen LogP contribution in [0.15, 0.2) is 133 Å². The molecule has 0 aliphatic rings. The van der Waals surface area contributed by atoms with Crippen molar-refractivity contribution in [2.75, 3.05) is 9.80 Å². The Morgan fingerprint density at radius 2 is 0.625 bits per heavy atom. The van der Waals surface area contributed by atoms with Gasteiger partial charge in [-0.1, -0.05) is 87.4 Å². The van der Waals surface area contributed by atoms with Gasteiger partial charge in [-0.25, -0.2) is 0 Å². The van der Waals surface area contributed by atoms with Crippen molar-refractivity contribution in [2.45, 2.75) is 52.4 Å². The van der Waals surface area contributed by atoms with Crippen LogP contribution in [0.25, 0.3) is 0 Å². The second-order valence-corrected chi connectivity index (χ2v) is 10.4. The maximum absolute atomic E-state index is 2.37. The second kappa shape index (κ2) is 13.7. The summed E-state index contributed by atoms with van der Waals surface area (Å²) in [6, 6.07) is 48.3. The molecule has 202 valence electrons. The molecule has 0 heterocycles. The van der Waals surface area contributed by atoms with Crippen molar-refractivity contribution < 1.29 is 0 Å². The van der Waals surface area contributed by atoms with Gasteiger partial charge in [0.15, 0.2) is 0 Å². The summed E-state index contributed by atoms with van der Waals surface area (Å²) in [6.07, 6.45) is 7.14. The summed E-state index contributed by atoms with van der Waals surface area (Å²) in [6.45, 7) is 4.50. The number of hydrogen-bond acceptors (Lipinski definition) is 2.